The van der Waals surface area contributed by atoms with E-state index in [1.807, 2.05) is 0 Å². The van der Waals surface area contributed by atoms with Crippen LogP contribution in [0.2, 0.25) is 0 Å². The molecule has 1 rings (SSSR count). The van der Waals surface area contributed by atoms with Crippen LogP contribution in [0.5, 0.6) is 0 Å². The summed E-state index contributed by atoms with van der Waals surface area (Å²) in [6.07, 6.45) is 2.57. The average Bonchev–Trinajstić information content (AvgIpc) is 2.58. The van der Waals surface area contributed by atoms with Crippen molar-refractivity contribution in [1.29, 1.82) is 0 Å². The Morgan fingerprint density at radius 3 is 2.59 bits per heavy atom. The van der Waals surface area contributed by atoms with Crippen molar-refractivity contribution in [2.45, 2.75) is 71.4 Å². The summed E-state index contributed by atoms with van der Waals surface area (Å²) in [5.41, 5.74) is -0.650. The van der Waals surface area contributed by atoms with Crippen LogP contribution in [0.15, 0.2) is 0 Å². The third kappa shape index (κ3) is 6.45. The van der Waals surface area contributed by atoms with Crippen molar-refractivity contribution in [2.24, 2.45) is 5.92 Å². The van der Waals surface area contributed by atoms with Crippen LogP contribution in [0.4, 0.5) is 4.79 Å². The Balaban J connectivity index is 2.80. The van der Waals surface area contributed by atoms with Gasteiger partial charge in [0.2, 0.25) is 0 Å². The summed E-state index contributed by atoms with van der Waals surface area (Å²) in [6, 6.07) is -0.836. The summed E-state index contributed by atoms with van der Waals surface area (Å²) in [4.78, 5) is 35.9. The number of nitrogens with one attached hydrogen (secondary N) is 1. The van der Waals surface area contributed by atoms with Crippen molar-refractivity contribution >= 4 is 17.8 Å². The van der Waals surface area contributed by atoms with Gasteiger partial charge in [0.1, 0.15) is 17.4 Å². The molecule has 6 heteroatoms. The van der Waals surface area contributed by atoms with Gasteiger partial charge < -0.3 is 14.8 Å². The Morgan fingerprint density at radius 2 is 2.00 bits per heavy atom. The molecule has 1 N–H and O–H groups in total. The molecule has 1 aliphatic rings. The molecule has 6 nitrogen and oxygen atoms in total. The van der Waals surface area contributed by atoms with Crippen molar-refractivity contribution in [3.63, 3.8) is 0 Å². The summed E-state index contributed by atoms with van der Waals surface area (Å²) >= 11 is 0. The Bertz CT molecular complexity index is 413. The molecule has 0 aromatic heterocycles. The number of hydrogen-bond acceptors (Lipinski definition) is 5. The first-order valence-electron chi connectivity index (χ1n) is 7.90. The second-order valence-corrected chi connectivity index (χ2v) is 6.62. The zero-order chi connectivity index (χ0) is 16.8. The number of rotatable bonds is 4. The number of alkyl carbamates (subject to hydrolysis) is 1. The maximum absolute atomic E-state index is 12.2. The van der Waals surface area contributed by atoms with E-state index in [9.17, 15) is 14.4 Å². The molecule has 126 valence electrons. The number of esters is 1. The van der Waals surface area contributed by atoms with E-state index >= 15 is 0 Å². The number of Topliss-reactive ketones (excluding diaryl/α,β-unsaturated/α-hetero) is 1. The number of ether oxygens (including phenoxy) is 2. The van der Waals surface area contributed by atoms with E-state index < -0.39 is 23.7 Å². The molecule has 1 fully saturated rings. The van der Waals surface area contributed by atoms with Gasteiger partial charge in [-0.3, -0.25) is 4.79 Å². The highest BCUT2D eigenvalue weighted by Gasteiger charge is 2.34. The topological polar surface area (TPSA) is 81.7 Å². The minimum absolute atomic E-state index is 0.128. The zero-order valence-corrected chi connectivity index (χ0v) is 13.9. The highest BCUT2D eigenvalue weighted by atomic mass is 16.6. The highest BCUT2D eigenvalue weighted by Crippen LogP contribution is 2.25. The maximum atomic E-state index is 12.2. The Labute approximate surface area is 131 Å². The lowest BCUT2D eigenvalue weighted by Gasteiger charge is -2.27. The van der Waals surface area contributed by atoms with Gasteiger partial charge in [-0.15, -0.1) is 0 Å². The smallest absolute Gasteiger partial charge is 0.408 e. The van der Waals surface area contributed by atoms with E-state index in [1.54, 1.807) is 27.7 Å². The van der Waals surface area contributed by atoms with Gasteiger partial charge >= 0.3 is 12.1 Å². The van der Waals surface area contributed by atoms with E-state index in [4.69, 9.17) is 9.47 Å². The maximum Gasteiger partial charge on any atom is 0.408 e. The third-order valence-corrected chi connectivity index (χ3v) is 3.45. The fourth-order valence-electron chi connectivity index (χ4n) is 2.55. The Morgan fingerprint density at radius 1 is 1.32 bits per heavy atom. The van der Waals surface area contributed by atoms with E-state index in [-0.39, 0.29) is 18.3 Å². The summed E-state index contributed by atoms with van der Waals surface area (Å²) in [5.74, 6) is -0.614. The molecule has 0 unspecified atom stereocenters. The number of ketones is 1. The molecule has 1 saturated carbocycles. The van der Waals surface area contributed by atoms with Gasteiger partial charge in [0.15, 0.2) is 0 Å². The van der Waals surface area contributed by atoms with E-state index in [0.29, 0.717) is 19.3 Å². The summed E-state index contributed by atoms with van der Waals surface area (Å²) < 4.78 is 10.2. The van der Waals surface area contributed by atoms with Crippen LogP contribution in [0.1, 0.15) is 59.8 Å². The van der Waals surface area contributed by atoms with Gasteiger partial charge in [0, 0.05) is 12.8 Å². The fraction of sp³-hybridized carbons (Fsp3) is 0.812. The molecule has 1 amide bonds. The quantitative estimate of drug-likeness (QED) is 0.637. The van der Waals surface area contributed by atoms with E-state index in [1.165, 1.54) is 0 Å². The molecule has 0 aliphatic heterocycles. The lowest BCUT2D eigenvalue weighted by Crippen LogP contribution is -2.48. The molecule has 2 atom stereocenters. The first kappa shape index (κ1) is 18.5. The van der Waals surface area contributed by atoms with Crippen molar-refractivity contribution in [3.05, 3.63) is 0 Å². The predicted octanol–water partition coefficient (Wildman–Crippen LogP) is 2.59. The highest BCUT2D eigenvalue weighted by molar-refractivity contribution is 5.84. The van der Waals surface area contributed by atoms with Crippen LogP contribution < -0.4 is 5.32 Å². The first-order valence-corrected chi connectivity index (χ1v) is 7.90. The molecule has 0 bridgehead atoms. The number of carbonyl (C=O) groups excluding carboxylic acids is 3. The summed E-state index contributed by atoms with van der Waals surface area (Å²) in [5, 5.41) is 2.59. The fourth-order valence-corrected chi connectivity index (χ4v) is 2.55. The lowest BCUT2D eigenvalue weighted by molar-refractivity contribution is -0.147. The molecular weight excluding hydrogens is 286 g/mol. The molecule has 22 heavy (non-hydrogen) atoms. The Hall–Kier alpha value is -1.59. The van der Waals surface area contributed by atoms with Crippen LogP contribution in [-0.4, -0.2) is 36.1 Å². The van der Waals surface area contributed by atoms with Gasteiger partial charge in [-0.2, -0.15) is 0 Å². The lowest BCUT2D eigenvalue weighted by atomic mass is 9.91. The van der Waals surface area contributed by atoms with Crippen molar-refractivity contribution in [3.8, 4) is 0 Å². The van der Waals surface area contributed by atoms with Gasteiger partial charge in [-0.25, -0.2) is 9.59 Å². The van der Waals surface area contributed by atoms with Crippen LogP contribution in [0, 0.1) is 5.92 Å². The standard InChI is InChI=1S/C16H27NO5/c1-5-21-14(19)13(17-15(20)22-16(2,3)4)11-8-6-7-9-12(18)10-11/h11,13H,5-10H2,1-4H3,(H,17,20)/t11-,13-/m0/s1. The summed E-state index contributed by atoms with van der Waals surface area (Å²) in [6.45, 7) is 7.19. The Kier molecular flexibility index (Phi) is 6.84. The van der Waals surface area contributed by atoms with Crippen molar-refractivity contribution in [2.75, 3.05) is 6.61 Å². The minimum Gasteiger partial charge on any atom is -0.464 e. The SMILES string of the molecule is CCOC(=O)[C@@H](NC(=O)OC(C)(C)C)[C@H]1CCCCC(=O)C1. The zero-order valence-electron chi connectivity index (χ0n) is 13.9. The molecule has 0 aromatic carbocycles. The molecule has 0 spiro atoms. The second-order valence-electron chi connectivity index (χ2n) is 6.62. The predicted molar refractivity (Wildman–Crippen MR) is 81.4 cm³/mol. The molecule has 0 aromatic rings. The third-order valence-electron chi connectivity index (χ3n) is 3.45. The number of amides is 1. The number of carbonyl (C=O) groups is 3. The summed E-state index contributed by atoms with van der Waals surface area (Å²) in [7, 11) is 0. The van der Waals surface area contributed by atoms with Gasteiger partial charge in [0.05, 0.1) is 6.61 Å². The number of hydrogen-bond donors (Lipinski definition) is 1. The van der Waals surface area contributed by atoms with Gasteiger partial charge in [0.25, 0.3) is 0 Å². The van der Waals surface area contributed by atoms with Gasteiger partial charge in [-0.05, 0) is 46.5 Å². The first-order chi connectivity index (χ1) is 10.2. The normalized spacial score (nSPS) is 20.7. The molecule has 0 saturated heterocycles. The largest absolute Gasteiger partial charge is 0.464 e. The monoisotopic (exact) mass is 313 g/mol. The van der Waals surface area contributed by atoms with E-state index in [2.05, 4.69) is 5.32 Å². The average molecular weight is 313 g/mol. The van der Waals surface area contributed by atoms with Gasteiger partial charge in [-0.1, -0.05) is 6.42 Å². The van der Waals surface area contributed by atoms with Crippen molar-refractivity contribution in [1.82, 2.24) is 5.32 Å². The molecule has 1 aliphatic carbocycles. The van der Waals surface area contributed by atoms with Crippen LogP contribution in [0.3, 0.4) is 0 Å². The van der Waals surface area contributed by atoms with Crippen LogP contribution in [0.25, 0.3) is 0 Å². The molecular formula is C16H27NO5. The second kappa shape index (κ2) is 8.15. The minimum atomic E-state index is -0.836. The van der Waals surface area contributed by atoms with E-state index in [0.717, 1.165) is 12.8 Å². The molecule has 0 heterocycles. The van der Waals surface area contributed by atoms with Crippen molar-refractivity contribution < 1.29 is 23.9 Å². The van der Waals surface area contributed by atoms with Crippen LogP contribution in [-0.2, 0) is 19.1 Å². The molecule has 0 radical (unpaired) electrons. The van der Waals surface area contributed by atoms with Crippen LogP contribution >= 0.6 is 0 Å².